The number of halogens is 2. The lowest BCUT2D eigenvalue weighted by molar-refractivity contribution is 0.199. The number of rotatable bonds is 1. The maximum absolute atomic E-state index is 9.42. The van der Waals surface area contributed by atoms with Gasteiger partial charge >= 0.3 is 0 Å². The molecule has 0 unspecified atom stereocenters. The molecule has 2 rings (SSSR count). The van der Waals surface area contributed by atoms with Crippen molar-refractivity contribution in [3.8, 4) is 0 Å². The molecule has 0 aromatic carbocycles. The van der Waals surface area contributed by atoms with Gasteiger partial charge in [-0.25, -0.2) is 4.98 Å². The molecule has 0 saturated heterocycles. The van der Waals surface area contributed by atoms with Crippen molar-refractivity contribution >= 4 is 44.8 Å². The summed E-state index contributed by atoms with van der Waals surface area (Å²) in [7, 11) is 0. The van der Waals surface area contributed by atoms with Crippen molar-refractivity contribution in [2.24, 2.45) is 0 Å². The molecular formula is C9H7Cl2NOS. The SMILES string of the molecule is C[C@@H](O)c1cc2cc(Cl)sc2nc1Cl. The molecule has 0 bridgehead atoms. The number of hydrogen-bond acceptors (Lipinski definition) is 3. The lowest BCUT2D eigenvalue weighted by Crippen LogP contribution is -1.93. The third-order valence-corrected chi connectivity index (χ3v) is 3.39. The van der Waals surface area contributed by atoms with Crippen LogP contribution in [-0.2, 0) is 0 Å². The zero-order valence-corrected chi connectivity index (χ0v) is 9.62. The number of thiophene rings is 1. The molecule has 0 spiro atoms. The van der Waals surface area contributed by atoms with Crippen LogP contribution in [0.5, 0.6) is 0 Å². The van der Waals surface area contributed by atoms with Gasteiger partial charge in [-0.05, 0) is 19.1 Å². The summed E-state index contributed by atoms with van der Waals surface area (Å²) in [5.41, 5.74) is 0.633. The van der Waals surface area contributed by atoms with Crippen molar-refractivity contribution in [1.82, 2.24) is 4.98 Å². The highest BCUT2D eigenvalue weighted by atomic mass is 35.5. The van der Waals surface area contributed by atoms with Crippen LogP contribution in [-0.4, -0.2) is 10.1 Å². The second kappa shape index (κ2) is 3.66. The summed E-state index contributed by atoms with van der Waals surface area (Å²) in [6.45, 7) is 1.66. The van der Waals surface area contributed by atoms with Gasteiger partial charge < -0.3 is 5.11 Å². The fourth-order valence-electron chi connectivity index (χ4n) is 1.23. The van der Waals surface area contributed by atoms with Gasteiger partial charge in [0.2, 0.25) is 0 Å². The minimum atomic E-state index is -0.613. The van der Waals surface area contributed by atoms with Gasteiger partial charge in [-0.2, -0.15) is 0 Å². The van der Waals surface area contributed by atoms with Crippen LogP contribution in [0.4, 0.5) is 0 Å². The predicted octanol–water partition coefficient (Wildman–Crippen LogP) is 3.66. The Morgan fingerprint density at radius 1 is 1.43 bits per heavy atom. The average Bonchev–Trinajstić information content (AvgIpc) is 2.42. The average molecular weight is 248 g/mol. The highest BCUT2D eigenvalue weighted by Crippen LogP contribution is 2.32. The minimum absolute atomic E-state index is 0.339. The van der Waals surface area contributed by atoms with Crippen LogP contribution in [0.3, 0.4) is 0 Å². The molecule has 2 aromatic rings. The first-order valence-electron chi connectivity index (χ1n) is 4.01. The molecule has 2 heterocycles. The number of aromatic nitrogens is 1. The standard InChI is InChI=1S/C9H7Cl2NOS/c1-4(13)6-2-5-3-7(10)14-9(5)12-8(6)11/h2-4,13H,1H3/t4-/m1/s1. The minimum Gasteiger partial charge on any atom is -0.389 e. The van der Waals surface area contributed by atoms with E-state index in [2.05, 4.69) is 4.98 Å². The van der Waals surface area contributed by atoms with E-state index in [1.807, 2.05) is 12.1 Å². The molecule has 0 fully saturated rings. The normalized spacial score (nSPS) is 13.4. The maximum atomic E-state index is 9.42. The molecule has 74 valence electrons. The summed E-state index contributed by atoms with van der Waals surface area (Å²) in [5.74, 6) is 0. The Hall–Kier alpha value is -0.350. The van der Waals surface area contributed by atoms with E-state index in [1.165, 1.54) is 11.3 Å². The van der Waals surface area contributed by atoms with Gasteiger partial charge in [0.15, 0.2) is 0 Å². The Kier molecular flexibility index (Phi) is 2.66. The van der Waals surface area contributed by atoms with Gasteiger partial charge in [0.1, 0.15) is 9.98 Å². The third-order valence-electron chi connectivity index (χ3n) is 1.91. The molecular weight excluding hydrogens is 241 g/mol. The maximum Gasteiger partial charge on any atom is 0.136 e. The molecule has 0 radical (unpaired) electrons. The number of aliphatic hydroxyl groups excluding tert-OH is 1. The van der Waals surface area contributed by atoms with E-state index in [0.717, 1.165) is 10.2 Å². The molecule has 0 aliphatic rings. The van der Waals surface area contributed by atoms with Crippen LogP contribution in [0.2, 0.25) is 9.49 Å². The number of pyridine rings is 1. The molecule has 0 amide bonds. The highest BCUT2D eigenvalue weighted by Gasteiger charge is 2.11. The van der Waals surface area contributed by atoms with Gasteiger partial charge in [-0.3, -0.25) is 0 Å². The molecule has 0 saturated carbocycles. The summed E-state index contributed by atoms with van der Waals surface area (Å²) >= 11 is 13.1. The number of nitrogens with zero attached hydrogens (tertiary/aromatic N) is 1. The van der Waals surface area contributed by atoms with Crippen molar-refractivity contribution in [3.63, 3.8) is 0 Å². The van der Waals surface area contributed by atoms with Crippen molar-refractivity contribution < 1.29 is 5.11 Å². The van der Waals surface area contributed by atoms with Gasteiger partial charge in [0.25, 0.3) is 0 Å². The fraction of sp³-hybridized carbons (Fsp3) is 0.222. The Balaban J connectivity index is 2.70. The van der Waals surface area contributed by atoms with Gasteiger partial charge in [0.05, 0.1) is 10.4 Å². The van der Waals surface area contributed by atoms with Crippen LogP contribution < -0.4 is 0 Å². The molecule has 5 heteroatoms. The molecule has 1 atom stereocenters. The summed E-state index contributed by atoms with van der Waals surface area (Å²) in [6.07, 6.45) is -0.613. The summed E-state index contributed by atoms with van der Waals surface area (Å²) in [4.78, 5) is 4.95. The van der Waals surface area contributed by atoms with Crippen molar-refractivity contribution in [2.45, 2.75) is 13.0 Å². The second-order valence-corrected chi connectivity index (χ2v) is 5.01. The monoisotopic (exact) mass is 247 g/mol. The van der Waals surface area contributed by atoms with Gasteiger partial charge in [-0.15, -0.1) is 11.3 Å². The fourth-order valence-corrected chi connectivity index (χ4v) is 2.66. The van der Waals surface area contributed by atoms with Crippen LogP contribution in [0.1, 0.15) is 18.6 Å². The number of hydrogen-bond donors (Lipinski definition) is 1. The van der Waals surface area contributed by atoms with E-state index < -0.39 is 6.10 Å². The zero-order valence-electron chi connectivity index (χ0n) is 7.29. The molecule has 0 aliphatic heterocycles. The number of aliphatic hydroxyl groups is 1. The second-order valence-electron chi connectivity index (χ2n) is 2.99. The van der Waals surface area contributed by atoms with Crippen LogP contribution in [0, 0.1) is 0 Å². The molecule has 2 aromatic heterocycles. The van der Waals surface area contributed by atoms with Crippen molar-refractivity contribution in [3.05, 3.63) is 27.2 Å². The lowest BCUT2D eigenvalue weighted by atomic mass is 10.1. The quantitative estimate of drug-likeness (QED) is 0.781. The first kappa shape index (κ1) is 10.2. The Morgan fingerprint density at radius 2 is 2.14 bits per heavy atom. The highest BCUT2D eigenvalue weighted by molar-refractivity contribution is 7.22. The largest absolute Gasteiger partial charge is 0.389 e. The van der Waals surface area contributed by atoms with E-state index in [9.17, 15) is 5.11 Å². The predicted molar refractivity (Wildman–Crippen MR) is 60.3 cm³/mol. The Morgan fingerprint density at radius 3 is 2.79 bits per heavy atom. The van der Waals surface area contributed by atoms with Crippen molar-refractivity contribution in [1.29, 1.82) is 0 Å². The third kappa shape index (κ3) is 1.73. The number of fused-ring (bicyclic) bond motifs is 1. The summed E-state index contributed by atoms with van der Waals surface area (Å²) in [6, 6.07) is 3.63. The lowest BCUT2D eigenvalue weighted by Gasteiger charge is -2.05. The smallest absolute Gasteiger partial charge is 0.136 e. The topological polar surface area (TPSA) is 33.1 Å². The zero-order chi connectivity index (χ0) is 10.3. The Labute approximate surface area is 95.1 Å². The van der Waals surface area contributed by atoms with E-state index >= 15 is 0 Å². The van der Waals surface area contributed by atoms with E-state index in [4.69, 9.17) is 23.2 Å². The Bertz CT molecular complexity index is 481. The molecule has 14 heavy (non-hydrogen) atoms. The van der Waals surface area contributed by atoms with E-state index in [1.54, 1.807) is 6.92 Å². The van der Waals surface area contributed by atoms with Crippen LogP contribution >= 0.6 is 34.5 Å². The summed E-state index contributed by atoms with van der Waals surface area (Å²) < 4.78 is 0.673. The van der Waals surface area contributed by atoms with E-state index in [0.29, 0.717) is 15.1 Å². The van der Waals surface area contributed by atoms with Gasteiger partial charge in [0, 0.05) is 10.9 Å². The van der Waals surface area contributed by atoms with Gasteiger partial charge in [-0.1, -0.05) is 23.2 Å². The van der Waals surface area contributed by atoms with E-state index in [-0.39, 0.29) is 0 Å². The van der Waals surface area contributed by atoms with Crippen LogP contribution in [0.25, 0.3) is 10.2 Å². The summed E-state index contributed by atoms with van der Waals surface area (Å²) in [5, 5.41) is 10.7. The molecule has 1 N–H and O–H groups in total. The van der Waals surface area contributed by atoms with Crippen molar-refractivity contribution in [2.75, 3.05) is 0 Å². The molecule has 2 nitrogen and oxygen atoms in total. The first-order chi connectivity index (χ1) is 6.58. The van der Waals surface area contributed by atoms with Crippen LogP contribution in [0.15, 0.2) is 12.1 Å². The molecule has 0 aliphatic carbocycles. The first-order valence-corrected chi connectivity index (χ1v) is 5.58.